The van der Waals surface area contributed by atoms with Gasteiger partial charge in [-0.15, -0.1) is 0 Å². The molecule has 0 amide bonds. The second kappa shape index (κ2) is 35.3. The minimum Gasteiger partial charge on any atom is -0.493 e. The summed E-state index contributed by atoms with van der Waals surface area (Å²) in [5, 5.41) is 7.30. The van der Waals surface area contributed by atoms with Crippen LogP contribution in [0.2, 0.25) is 0 Å². The fraction of sp³-hybridized carbons (Fsp3) is 0.447. The normalized spacial score (nSPS) is 11.8. The zero-order valence-electron chi connectivity index (χ0n) is 30.5. The molecule has 1 aromatic carbocycles. The number of amidine groups is 1. The van der Waals surface area contributed by atoms with Crippen LogP contribution in [0.25, 0.3) is 0 Å². The van der Waals surface area contributed by atoms with Gasteiger partial charge in [0.15, 0.2) is 5.84 Å². The zero-order chi connectivity index (χ0) is 34.8. The summed E-state index contributed by atoms with van der Waals surface area (Å²) in [7, 11) is 1.49. The molecule has 1 rings (SSSR count). The second-order valence-electron chi connectivity index (χ2n) is 8.61. The molecule has 0 saturated heterocycles. The Morgan fingerprint density at radius 3 is 2.07 bits per heavy atom. The van der Waals surface area contributed by atoms with E-state index >= 15 is 0 Å². The Balaban J connectivity index is -0.000000709. The number of oxime groups is 1. The van der Waals surface area contributed by atoms with Gasteiger partial charge in [0.1, 0.15) is 13.7 Å². The van der Waals surface area contributed by atoms with Crippen molar-refractivity contribution in [3.05, 3.63) is 95.9 Å². The first-order valence-electron chi connectivity index (χ1n) is 15.9. The zero-order valence-corrected chi connectivity index (χ0v) is 30.5. The highest BCUT2D eigenvalue weighted by Crippen LogP contribution is 2.26. The van der Waals surface area contributed by atoms with Crippen LogP contribution in [-0.2, 0) is 9.57 Å². The lowest BCUT2D eigenvalue weighted by Crippen LogP contribution is -2.04. The second-order valence-corrected chi connectivity index (χ2v) is 8.61. The number of nitrogens with one attached hydrogen (secondary N) is 1. The van der Waals surface area contributed by atoms with E-state index in [1.165, 1.54) is 7.11 Å². The van der Waals surface area contributed by atoms with Crippen molar-refractivity contribution in [1.82, 2.24) is 0 Å². The van der Waals surface area contributed by atoms with E-state index in [-0.39, 0.29) is 6.61 Å². The van der Waals surface area contributed by atoms with Crippen molar-refractivity contribution in [1.29, 1.82) is 0 Å². The minimum atomic E-state index is 0.289. The van der Waals surface area contributed by atoms with Crippen molar-refractivity contribution in [3.8, 4) is 0 Å². The van der Waals surface area contributed by atoms with Crippen LogP contribution >= 0.6 is 0 Å². The molecule has 6 nitrogen and oxygen atoms in total. The van der Waals surface area contributed by atoms with E-state index in [1.807, 2.05) is 118 Å². The smallest absolute Gasteiger partial charge is 0.198 e. The Bertz CT molecular complexity index is 1070. The molecule has 0 unspecified atom stereocenters. The van der Waals surface area contributed by atoms with Gasteiger partial charge in [0.05, 0.1) is 17.1 Å². The van der Waals surface area contributed by atoms with Crippen molar-refractivity contribution in [2.24, 2.45) is 21.1 Å². The van der Waals surface area contributed by atoms with Gasteiger partial charge in [-0.1, -0.05) is 117 Å². The van der Waals surface area contributed by atoms with Crippen LogP contribution in [0.3, 0.4) is 0 Å². The number of nitrogens with zero attached hydrogens (tertiary/aromatic N) is 3. The molecule has 0 aliphatic heterocycles. The third kappa shape index (κ3) is 24.6. The van der Waals surface area contributed by atoms with Crippen molar-refractivity contribution < 1.29 is 9.57 Å². The molecule has 0 spiro atoms. The quantitative estimate of drug-likeness (QED) is 0.0796. The predicted octanol–water partition coefficient (Wildman–Crippen LogP) is 11.7. The number of benzene rings is 1. The van der Waals surface area contributed by atoms with Crippen molar-refractivity contribution >= 4 is 30.1 Å². The van der Waals surface area contributed by atoms with Crippen molar-refractivity contribution in [3.63, 3.8) is 0 Å². The summed E-state index contributed by atoms with van der Waals surface area (Å²) in [5.74, 6) is 2.03. The lowest BCUT2D eigenvalue weighted by molar-refractivity contribution is 0.213. The van der Waals surface area contributed by atoms with Crippen LogP contribution in [0.4, 0.5) is 11.4 Å². The van der Waals surface area contributed by atoms with Crippen LogP contribution in [0.5, 0.6) is 0 Å². The number of allylic oxidation sites excluding steroid dienone is 11. The topological polar surface area (TPSA) is 67.6 Å². The van der Waals surface area contributed by atoms with Crippen LogP contribution in [-0.4, -0.2) is 39.0 Å². The molecule has 0 saturated carbocycles. The molecule has 0 atom stereocenters. The first-order chi connectivity index (χ1) is 21.3. The fourth-order valence-electron chi connectivity index (χ4n) is 2.89. The molecule has 248 valence electrons. The van der Waals surface area contributed by atoms with Crippen LogP contribution < -0.4 is 5.32 Å². The SMILES string of the molecule is C=C\C=C/C(=C\C)C(/C=C\C)=C/C=C(\C)OCC=N/C(=N\OC)c1ccc(N=C)c(NCC)c1.CC.CC.CC.CC(C)C. The summed E-state index contributed by atoms with van der Waals surface area (Å²) < 4.78 is 5.79. The molecule has 0 aliphatic rings. The van der Waals surface area contributed by atoms with Crippen LogP contribution in [0, 0.1) is 5.92 Å². The van der Waals surface area contributed by atoms with Crippen molar-refractivity contribution in [2.45, 2.75) is 90.0 Å². The summed E-state index contributed by atoms with van der Waals surface area (Å²) in [6.07, 6.45) is 17.4. The predicted molar refractivity (Wildman–Crippen MR) is 202 cm³/mol. The highest BCUT2D eigenvalue weighted by Gasteiger charge is 2.07. The largest absolute Gasteiger partial charge is 0.493 e. The van der Waals surface area contributed by atoms with E-state index in [0.29, 0.717) is 5.84 Å². The maximum atomic E-state index is 5.79. The Labute approximate surface area is 271 Å². The lowest BCUT2D eigenvalue weighted by atomic mass is 10.0. The molecule has 0 radical (unpaired) electrons. The molecule has 1 aromatic rings. The molecule has 0 heterocycles. The maximum absolute atomic E-state index is 5.79. The molecule has 44 heavy (non-hydrogen) atoms. The van der Waals surface area contributed by atoms with Gasteiger partial charge in [-0.25, -0.2) is 4.99 Å². The number of anilines is 1. The number of aliphatic imine (C=N–C) groups is 2. The maximum Gasteiger partial charge on any atom is 0.198 e. The lowest BCUT2D eigenvalue weighted by Gasteiger charge is -2.09. The monoisotopic (exact) mass is 609 g/mol. The van der Waals surface area contributed by atoms with E-state index in [4.69, 9.17) is 9.57 Å². The minimum absolute atomic E-state index is 0.289. The van der Waals surface area contributed by atoms with Gasteiger partial charge in [0.25, 0.3) is 0 Å². The third-order valence-corrected chi connectivity index (χ3v) is 4.47. The summed E-state index contributed by atoms with van der Waals surface area (Å²) >= 11 is 0. The molecule has 0 fully saturated rings. The standard InChI is InChI=1S/C28H36N4O2.C4H10.3C2H6/c1-8-12-14-23(10-3)24(13-9-2)16-15-22(5)34-20-19-31-28(32-33-7)25-17-18-26(29-6)27(21-25)30-11-4;1-4(2)3;3*1-2/h8-10,12-19,21,30H,1,6,11,20H2,2-5,7H3;4H,1-3H3;3*1-2H3/b13-9-,14-12-,22-15+,23-10+,24-16+,31-19?,32-28-;;;;. The van der Waals surface area contributed by atoms with Gasteiger partial charge < -0.3 is 14.9 Å². The van der Waals surface area contributed by atoms with E-state index < -0.39 is 0 Å². The Morgan fingerprint density at radius 2 is 1.59 bits per heavy atom. The average Bonchev–Trinajstić information content (AvgIpc) is 3.04. The molecule has 6 heteroatoms. The Hall–Kier alpha value is -3.93. The number of ether oxygens (including phenoxy) is 1. The summed E-state index contributed by atoms with van der Waals surface area (Å²) in [5.41, 5.74) is 4.58. The van der Waals surface area contributed by atoms with E-state index in [2.05, 4.69) is 66.7 Å². The summed E-state index contributed by atoms with van der Waals surface area (Å²) in [6, 6.07) is 5.66. The molecule has 1 N–H and O–H groups in total. The van der Waals surface area contributed by atoms with Gasteiger partial charge in [-0.05, 0) is 75.8 Å². The van der Waals surface area contributed by atoms with Crippen LogP contribution in [0.1, 0.15) is 95.6 Å². The molecular formula is C38H64N4O2. The fourth-order valence-corrected chi connectivity index (χ4v) is 2.89. The molecule has 0 aliphatic carbocycles. The van der Waals surface area contributed by atoms with Crippen LogP contribution in [0.15, 0.2) is 105 Å². The van der Waals surface area contributed by atoms with Crippen molar-refractivity contribution in [2.75, 3.05) is 25.6 Å². The number of hydrogen-bond donors (Lipinski definition) is 1. The highest BCUT2D eigenvalue weighted by molar-refractivity contribution is 6.04. The first kappa shape index (κ1) is 47.0. The first-order valence-corrected chi connectivity index (χ1v) is 15.9. The van der Waals surface area contributed by atoms with E-state index in [1.54, 1.807) is 12.3 Å². The van der Waals surface area contributed by atoms with E-state index in [9.17, 15) is 0 Å². The summed E-state index contributed by atoms with van der Waals surface area (Å²) in [4.78, 5) is 13.4. The molecule has 0 aromatic heterocycles. The van der Waals surface area contributed by atoms with E-state index in [0.717, 1.165) is 46.3 Å². The van der Waals surface area contributed by atoms with Gasteiger partial charge in [0.2, 0.25) is 0 Å². The highest BCUT2D eigenvalue weighted by atomic mass is 16.6. The number of hydrogen-bond acceptors (Lipinski definition) is 5. The van der Waals surface area contributed by atoms with Gasteiger partial charge >= 0.3 is 0 Å². The average molecular weight is 609 g/mol. The Morgan fingerprint density at radius 1 is 0.977 bits per heavy atom. The molecule has 0 bridgehead atoms. The third-order valence-electron chi connectivity index (χ3n) is 4.47. The molecular weight excluding hydrogens is 544 g/mol. The summed E-state index contributed by atoms with van der Waals surface area (Å²) in [6.45, 7) is 34.8. The van der Waals surface area contributed by atoms with Gasteiger partial charge in [-0.2, -0.15) is 0 Å². The Kier molecular flexibility index (Phi) is 37.7. The van der Waals surface area contributed by atoms with Gasteiger partial charge in [-0.3, -0.25) is 4.99 Å². The van der Waals surface area contributed by atoms with Gasteiger partial charge in [0, 0.05) is 18.3 Å². The number of rotatable bonds is 13.